The van der Waals surface area contributed by atoms with Crippen molar-refractivity contribution >= 4 is 32.9 Å². The van der Waals surface area contributed by atoms with Crippen molar-refractivity contribution in [2.45, 2.75) is 0 Å². The lowest BCUT2D eigenvalue weighted by Crippen LogP contribution is -1.87. The molecule has 0 saturated heterocycles. The van der Waals surface area contributed by atoms with Crippen molar-refractivity contribution in [3.05, 3.63) is 33.6 Å². The third kappa shape index (κ3) is 3.69. The summed E-state index contributed by atoms with van der Waals surface area (Å²) in [6, 6.07) is 4.67. The van der Waals surface area contributed by atoms with E-state index in [2.05, 4.69) is 15.9 Å². The summed E-state index contributed by atoms with van der Waals surface area (Å²) in [6.07, 6.45) is 1.23. The molecule has 0 aliphatic rings. The Morgan fingerprint density at radius 3 is 2.43 bits per heavy atom. The van der Waals surface area contributed by atoms with Gasteiger partial charge in [-0.3, -0.25) is 0 Å². The molecule has 0 spiro atoms. The zero-order chi connectivity index (χ0) is 10.8. The van der Waals surface area contributed by atoms with Crippen LogP contribution in [0.5, 0.6) is 5.75 Å². The van der Waals surface area contributed by atoms with Crippen LogP contribution in [0.3, 0.4) is 0 Å². The summed E-state index contributed by atoms with van der Waals surface area (Å²) in [5.74, 6) is -0.00639. The zero-order valence-electron chi connectivity index (χ0n) is 6.96. The van der Waals surface area contributed by atoms with Crippen LogP contribution in [0.2, 0.25) is 0 Å². The first-order valence-corrected chi connectivity index (χ1v) is 5.92. The third-order valence-electron chi connectivity index (χ3n) is 1.42. The summed E-state index contributed by atoms with van der Waals surface area (Å²) >= 11 is 3.19. The minimum absolute atomic E-state index is 0.00639. The van der Waals surface area contributed by atoms with E-state index in [1.165, 1.54) is 12.1 Å². The summed E-state index contributed by atoms with van der Waals surface area (Å²) in [5.41, 5.74) is 0.383. The van der Waals surface area contributed by atoms with Crippen LogP contribution >= 0.6 is 26.8 Å². The van der Waals surface area contributed by atoms with E-state index in [-0.39, 0.29) is 5.75 Å². The van der Waals surface area contributed by atoms with Gasteiger partial charge in [-0.2, -0.15) is 0 Å². The molecule has 4 N–H and O–H groups in total. The molecule has 0 fully saturated rings. The Balaban J connectivity index is 2.97. The van der Waals surface area contributed by atoms with Crippen molar-refractivity contribution in [1.29, 1.82) is 0 Å². The van der Waals surface area contributed by atoms with Crippen LogP contribution in [0.15, 0.2) is 28.1 Å². The lowest BCUT2D eigenvalue weighted by molar-refractivity contribution is 0.389. The van der Waals surface area contributed by atoms with Crippen molar-refractivity contribution in [3.8, 4) is 5.75 Å². The molecule has 0 unspecified atom stereocenters. The number of halogens is 1. The van der Waals surface area contributed by atoms with Crippen LogP contribution in [-0.4, -0.2) is 18.8 Å². The average molecular weight is 281 g/mol. The molecule has 0 aliphatic carbocycles. The molecule has 1 aromatic carbocycles. The molecular formula is C8H9BrO4S. The lowest BCUT2D eigenvalue weighted by atomic mass is 10.2. The Morgan fingerprint density at radius 1 is 1.21 bits per heavy atom. The quantitative estimate of drug-likeness (QED) is 0.670. The summed E-state index contributed by atoms with van der Waals surface area (Å²) in [6.45, 7) is 0. The molecule has 0 bridgehead atoms. The predicted octanol–water partition coefficient (Wildman–Crippen LogP) is 3.35. The maximum absolute atomic E-state index is 9.32. The van der Waals surface area contributed by atoms with Crippen molar-refractivity contribution < 1.29 is 18.8 Å². The minimum atomic E-state index is -3.66. The molecule has 1 rings (SSSR count). The van der Waals surface area contributed by atoms with Gasteiger partial charge in [0.1, 0.15) is 16.6 Å². The molecule has 0 aliphatic heterocycles. The Kier molecular flexibility index (Phi) is 3.57. The van der Waals surface area contributed by atoms with E-state index < -0.39 is 10.9 Å². The molecular weight excluding hydrogens is 272 g/mol. The van der Waals surface area contributed by atoms with Gasteiger partial charge in [-0.1, -0.05) is 15.9 Å². The first-order chi connectivity index (χ1) is 6.38. The molecule has 4 nitrogen and oxygen atoms in total. The van der Waals surface area contributed by atoms with Gasteiger partial charge in [-0.15, -0.1) is 0 Å². The fraction of sp³-hybridized carbons (Fsp3) is 0. The van der Waals surface area contributed by atoms with Gasteiger partial charge in [0.15, 0.2) is 0 Å². The van der Waals surface area contributed by atoms with E-state index in [9.17, 15) is 5.11 Å². The van der Waals surface area contributed by atoms with E-state index in [0.29, 0.717) is 5.56 Å². The molecule has 1 aromatic rings. The third-order valence-corrected chi connectivity index (χ3v) is 2.41. The monoisotopic (exact) mass is 280 g/mol. The highest BCUT2D eigenvalue weighted by Gasteiger charge is 2.05. The van der Waals surface area contributed by atoms with Gasteiger partial charge in [-0.05, 0) is 24.3 Å². The highest BCUT2D eigenvalue weighted by molar-refractivity contribution is 9.10. The maximum Gasteiger partial charge on any atom is 0.122 e. The first-order valence-electron chi connectivity index (χ1n) is 3.56. The number of phenols is 1. The number of phenolic OH excluding ortho intramolecular Hbond substituents is 1. The van der Waals surface area contributed by atoms with E-state index in [1.54, 1.807) is 12.1 Å². The van der Waals surface area contributed by atoms with Crippen molar-refractivity contribution in [3.63, 3.8) is 0 Å². The molecule has 6 heteroatoms. The van der Waals surface area contributed by atoms with Gasteiger partial charge in [0.25, 0.3) is 0 Å². The lowest BCUT2D eigenvalue weighted by Gasteiger charge is -2.12. The van der Waals surface area contributed by atoms with Gasteiger partial charge < -0.3 is 18.8 Å². The number of hydrogen-bond donors (Lipinski definition) is 4. The highest BCUT2D eigenvalue weighted by Crippen LogP contribution is 2.36. The van der Waals surface area contributed by atoms with Crippen LogP contribution in [0, 0.1) is 0 Å². The number of aromatic hydroxyl groups is 1. The number of benzene rings is 1. The topological polar surface area (TPSA) is 80.9 Å². The highest BCUT2D eigenvalue weighted by atomic mass is 79.9. The van der Waals surface area contributed by atoms with Crippen LogP contribution in [0.4, 0.5) is 0 Å². The van der Waals surface area contributed by atoms with Crippen molar-refractivity contribution in [2.75, 3.05) is 0 Å². The minimum Gasteiger partial charge on any atom is -0.507 e. The number of hydrogen-bond acceptors (Lipinski definition) is 4. The molecule has 0 saturated carbocycles. The fourth-order valence-electron chi connectivity index (χ4n) is 0.823. The summed E-state index contributed by atoms with van der Waals surface area (Å²) in [7, 11) is -3.66. The molecule has 0 radical (unpaired) electrons. The Morgan fingerprint density at radius 2 is 1.86 bits per heavy atom. The fourth-order valence-corrected chi connectivity index (χ4v) is 1.53. The van der Waals surface area contributed by atoms with E-state index >= 15 is 0 Å². The second-order valence-electron chi connectivity index (χ2n) is 2.57. The molecule has 78 valence electrons. The number of rotatable bonds is 2. The molecule has 0 aromatic heterocycles. The summed E-state index contributed by atoms with van der Waals surface area (Å²) < 4.78 is 26.7. The zero-order valence-corrected chi connectivity index (χ0v) is 9.36. The average Bonchev–Trinajstić information content (AvgIpc) is 2.05. The van der Waals surface area contributed by atoms with Gasteiger partial charge in [0.05, 0.1) is 0 Å². The predicted molar refractivity (Wildman–Crippen MR) is 60.3 cm³/mol. The molecule has 14 heavy (non-hydrogen) atoms. The largest absolute Gasteiger partial charge is 0.507 e. The van der Waals surface area contributed by atoms with Gasteiger partial charge in [-0.25, -0.2) is 0 Å². The summed E-state index contributed by atoms with van der Waals surface area (Å²) in [4.78, 5) is 0. The molecule has 0 heterocycles. The van der Waals surface area contributed by atoms with Gasteiger partial charge in [0, 0.05) is 15.4 Å². The maximum atomic E-state index is 9.32. The van der Waals surface area contributed by atoms with Gasteiger partial charge >= 0.3 is 0 Å². The molecule has 0 atom stereocenters. The van der Waals surface area contributed by atoms with Crippen LogP contribution in [-0.2, 0) is 0 Å². The van der Waals surface area contributed by atoms with Gasteiger partial charge in [0.2, 0.25) is 0 Å². The van der Waals surface area contributed by atoms with Crippen LogP contribution in [0.25, 0.3) is 6.08 Å². The summed E-state index contributed by atoms with van der Waals surface area (Å²) in [5, 5.41) is 10.2. The second-order valence-corrected chi connectivity index (χ2v) is 4.88. The van der Waals surface area contributed by atoms with E-state index in [0.717, 1.165) is 9.88 Å². The Hall–Kier alpha value is -0.530. The standard InChI is InChI=1S/C8H9BrO4S/c9-7-1-2-8(10)6(5-7)3-4-14(11,12)13/h1-5,10-13H/b4-3+. The smallest absolute Gasteiger partial charge is 0.122 e. The van der Waals surface area contributed by atoms with E-state index in [1.807, 2.05) is 0 Å². The van der Waals surface area contributed by atoms with Crippen LogP contribution in [0.1, 0.15) is 5.56 Å². The Bertz CT molecular complexity index is 359. The Labute approximate surface area is 91.2 Å². The van der Waals surface area contributed by atoms with Crippen molar-refractivity contribution in [1.82, 2.24) is 0 Å². The van der Waals surface area contributed by atoms with E-state index in [4.69, 9.17) is 13.7 Å². The molecule has 0 amide bonds. The van der Waals surface area contributed by atoms with Crippen molar-refractivity contribution in [2.24, 2.45) is 0 Å². The SMILES string of the molecule is Oc1ccc(Br)cc1/C=C/S(O)(O)O. The first kappa shape index (κ1) is 11.5. The van der Waals surface area contributed by atoms with Crippen LogP contribution < -0.4 is 0 Å². The second kappa shape index (κ2) is 4.33. The normalized spacial score (nSPS) is 13.4.